The van der Waals surface area contributed by atoms with Gasteiger partial charge in [0.15, 0.2) is 0 Å². The molecule has 4 rings (SSSR count). The van der Waals surface area contributed by atoms with Crippen molar-refractivity contribution >= 4 is 45.4 Å². The fourth-order valence-corrected chi connectivity index (χ4v) is 3.46. The molecule has 2 aromatic carbocycles. The number of ether oxygens (including phenoxy) is 5. The summed E-state index contributed by atoms with van der Waals surface area (Å²) >= 11 is 0. The molecule has 268 valence electrons. The number of hydrogen-bond donors (Lipinski definition) is 4. The number of carboxylic acids is 2. The first-order valence-electron chi connectivity index (χ1n) is 14.0. The number of carbonyl (C=O) groups is 2. The van der Waals surface area contributed by atoms with Crippen molar-refractivity contribution in [2.45, 2.75) is 12.4 Å². The first kappa shape index (κ1) is 40.0. The lowest BCUT2D eigenvalue weighted by Gasteiger charge is -2.11. The Bertz CT molecular complexity index is 1620. The summed E-state index contributed by atoms with van der Waals surface area (Å²) in [4.78, 5) is 26.4. The van der Waals surface area contributed by atoms with Gasteiger partial charge in [0.05, 0.1) is 50.7 Å². The van der Waals surface area contributed by atoms with Crippen molar-refractivity contribution in [2.24, 2.45) is 0 Å². The highest BCUT2D eigenvalue weighted by molar-refractivity contribution is 5.86. The highest BCUT2D eigenvalue weighted by Gasteiger charge is 2.38. The molecule has 0 aliphatic rings. The molecule has 0 unspecified atom stereocenters. The largest absolute Gasteiger partial charge is 0.491 e. The Balaban J connectivity index is 0.000000500. The van der Waals surface area contributed by atoms with E-state index < -0.39 is 24.3 Å². The van der Waals surface area contributed by atoms with E-state index >= 15 is 0 Å². The van der Waals surface area contributed by atoms with Crippen LogP contribution in [-0.2, 0) is 23.8 Å². The topological polar surface area (TPSA) is 199 Å². The van der Waals surface area contributed by atoms with Crippen molar-refractivity contribution in [3.63, 3.8) is 0 Å². The van der Waals surface area contributed by atoms with Crippen molar-refractivity contribution in [3.8, 4) is 11.5 Å². The lowest BCUT2D eigenvalue weighted by Crippen LogP contribution is -2.21. The Labute approximate surface area is 274 Å². The number of fused-ring (bicyclic) bond motifs is 2. The fourth-order valence-electron chi connectivity index (χ4n) is 3.46. The Kier molecular flexibility index (Phi) is 16.0. The highest BCUT2D eigenvalue weighted by Crippen LogP contribution is 2.26. The number of alkyl halides is 6. The molecule has 2 aromatic heterocycles. The van der Waals surface area contributed by atoms with Gasteiger partial charge in [-0.3, -0.25) is 0 Å². The number of hydrogen-bond acceptors (Lipinski definition) is 11. The number of nitrogens with zero attached hydrogens (tertiary/aromatic N) is 2. The van der Waals surface area contributed by atoms with Crippen LogP contribution in [0.5, 0.6) is 11.5 Å². The van der Waals surface area contributed by atoms with E-state index in [9.17, 15) is 26.3 Å². The van der Waals surface area contributed by atoms with Gasteiger partial charge in [-0.15, -0.1) is 0 Å². The summed E-state index contributed by atoms with van der Waals surface area (Å²) in [6.45, 7) is 3.74. The van der Waals surface area contributed by atoms with Gasteiger partial charge in [0.2, 0.25) is 0 Å². The third kappa shape index (κ3) is 15.5. The minimum atomic E-state index is -5.08. The molecule has 13 nitrogen and oxygen atoms in total. The molecule has 0 atom stereocenters. The number of benzene rings is 2. The maximum Gasteiger partial charge on any atom is 0.490 e. The Hall–Kier alpha value is -5.14. The fraction of sp³-hybridized carbons (Fsp3) is 0.333. The molecular weight excluding hydrogens is 674 g/mol. The molecule has 19 heteroatoms. The zero-order chi connectivity index (χ0) is 36.5. The summed E-state index contributed by atoms with van der Waals surface area (Å²) in [5, 5.41) is 16.2. The molecule has 0 radical (unpaired) electrons. The molecule has 0 saturated carbocycles. The summed E-state index contributed by atoms with van der Waals surface area (Å²) < 4.78 is 91.6. The van der Waals surface area contributed by atoms with Gasteiger partial charge < -0.3 is 45.4 Å². The number of rotatable bonds is 14. The zero-order valence-electron chi connectivity index (χ0n) is 25.5. The second-order valence-corrected chi connectivity index (χ2v) is 9.29. The molecule has 0 aliphatic heterocycles. The molecule has 0 amide bonds. The van der Waals surface area contributed by atoms with Crippen LogP contribution >= 0.6 is 0 Å². The quantitative estimate of drug-likeness (QED) is 0.104. The van der Waals surface area contributed by atoms with Gasteiger partial charge >= 0.3 is 24.3 Å². The number of aliphatic carboxylic acids is 2. The molecule has 0 aliphatic carbocycles. The van der Waals surface area contributed by atoms with Gasteiger partial charge in [0, 0.05) is 16.8 Å². The van der Waals surface area contributed by atoms with Crippen molar-refractivity contribution in [1.82, 2.24) is 9.97 Å². The molecule has 49 heavy (non-hydrogen) atoms. The van der Waals surface area contributed by atoms with Crippen LogP contribution in [0.1, 0.15) is 0 Å². The van der Waals surface area contributed by atoms with Gasteiger partial charge in [-0.1, -0.05) is 12.1 Å². The van der Waals surface area contributed by atoms with Crippen molar-refractivity contribution < 1.29 is 69.8 Å². The monoisotopic (exact) mass is 706 g/mol. The third-order valence-electron chi connectivity index (χ3n) is 5.59. The molecule has 4 aromatic rings. The van der Waals surface area contributed by atoms with E-state index in [2.05, 4.69) is 9.97 Å². The van der Waals surface area contributed by atoms with Crippen LogP contribution in [0.3, 0.4) is 0 Å². The molecule has 0 saturated heterocycles. The van der Waals surface area contributed by atoms with Crippen LogP contribution in [0.15, 0.2) is 60.7 Å². The molecule has 0 fully saturated rings. The second kappa shape index (κ2) is 19.6. The normalized spacial score (nSPS) is 11.2. The molecule has 6 N–H and O–H groups in total. The number of aromatic nitrogens is 2. The second-order valence-electron chi connectivity index (χ2n) is 9.29. The number of nitrogens with two attached hydrogens (primary N) is 2. The summed E-state index contributed by atoms with van der Waals surface area (Å²) in [5.74, 6) is -3.11. The van der Waals surface area contributed by atoms with Crippen LogP contribution in [-0.4, -0.2) is 97.3 Å². The van der Waals surface area contributed by atoms with Crippen LogP contribution in [0.25, 0.3) is 21.8 Å². The number of nitrogen functional groups attached to an aromatic ring is 2. The third-order valence-corrected chi connectivity index (χ3v) is 5.59. The lowest BCUT2D eigenvalue weighted by molar-refractivity contribution is -0.193. The van der Waals surface area contributed by atoms with Crippen molar-refractivity contribution in [2.75, 3.05) is 64.3 Å². The van der Waals surface area contributed by atoms with Crippen molar-refractivity contribution in [3.05, 3.63) is 60.7 Å². The zero-order valence-corrected chi connectivity index (χ0v) is 25.5. The van der Waals surface area contributed by atoms with E-state index in [-0.39, 0.29) is 0 Å². The Morgan fingerprint density at radius 2 is 1.10 bits per heavy atom. The average molecular weight is 707 g/mol. The van der Waals surface area contributed by atoms with Crippen LogP contribution in [0, 0.1) is 0 Å². The molecule has 0 bridgehead atoms. The first-order chi connectivity index (χ1) is 23.1. The SMILES string of the molecule is Nc1ccc2cc(OCCOCCOCCOCCOc3cc(N)nc4ccccc34)ccc2n1.O=C(O)C(F)(F)F.O=C(O)C(F)(F)F. The van der Waals surface area contributed by atoms with Gasteiger partial charge in [0.1, 0.15) is 36.3 Å². The van der Waals surface area contributed by atoms with E-state index in [1.165, 1.54) is 0 Å². The minimum Gasteiger partial charge on any atom is -0.491 e. The lowest BCUT2D eigenvalue weighted by atomic mass is 10.2. The Morgan fingerprint density at radius 1 is 0.612 bits per heavy atom. The van der Waals surface area contributed by atoms with Gasteiger partial charge in [-0.05, 0) is 42.5 Å². The predicted octanol–water partition coefficient (Wildman–Crippen LogP) is 4.72. The summed E-state index contributed by atoms with van der Waals surface area (Å²) in [7, 11) is 0. The van der Waals surface area contributed by atoms with Gasteiger partial charge in [-0.2, -0.15) is 26.3 Å². The molecule has 0 spiro atoms. The van der Waals surface area contributed by atoms with E-state index in [1.54, 1.807) is 12.1 Å². The van der Waals surface area contributed by atoms with E-state index in [0.717, 1.165) is 27.6 Å². The Morgan fingerprint density at radius 3 is 1.65 bits per heavy atom. The smallest absolute Gasteiger partial charge is 0.490 e. The standard InChI is InChI=1S/C26H30N4O5.2C2HF3O2/c27-25-8-5-19-17-20(6-7-22(19)29-25)34-15-13-32-11-9-31-10-12-33-14-16-35-24-18-26(28)30-23-4-2-1-3-21(23)24;2*3-2(4,5)1(6)7/h1-8,17-18H,9-16H2,(H2,27,29)(H2,28,30);2*(H,6,7). The summed E-state index contributed by atoms with van der Waals surface area (Å²) in [6, 6.07) is 18.8. The number of halogens is 6. The van der Waals surface area contributed by atoms with Crippen molar-refractivity contribution in [1.29, 1.82) is 0 Å². The predicted molar refractivity (Wildman–Crippen MR) is 163 cm³/mol. The van der Waals surface area contributed by atoms with Crippen LogP contribution in [0.2, 0.25) is 0 Å². The van der Waals surface area contributed by atoms with Crippen LogP contribution in [0.4, 0.5) is 38.0 Å². The van der Waals surface area contributed by atoms with Gasteiger partial charge in [-0.25, -0.2) is 19.6 Å². The average Bonchev–Trinajstić information content (AvgIpc) is 3.02. The number of carboxylic acid groups (broad SMARTS) is 2. The maximum absolute atomic E-state index is 10.6. The highest BCUT2D eigenvalue weighted by atomic mass is 19.4. The van der Waals surface area contributed by atoms with Crippen LogP contribution < -0.4 is 20.9 Å². The van der Waals surface area contributed by atoms with Gasteiger partial charge in [0.25, 0.3) is 0 Å². The summed E-state index contributed by atoms with van der Waals surface area (Å²) in [6.07, 6.45) is -10.2. The number of anilines is 2. The van der Waals surface area contributed by atoms with E-state index in [0.29, 0.717) is 70.2 Å². The number of pyridine rings is 2. The molecule has 2 heterocycles. The minimum absolute atomic E-state index is 0.415. The molecular formula is C30H32F6N4O9. The first-order valence-corrected chi connectivity index (χ1v) is 14.0. The van der Waals surface area contributed by atoms with E-state index in [4.69, 9.17) is 55.0 Å². The number of para-hydroxylation sites is 1. The maximum atomic E-state index is 10.6. The van der Waals surface area contributed by atoms with E-state index in [1.807, 2.05) is 48.5 Å². The summed E-state index contributed by atoms with van der Waals surface area (Å²) in [5.41, 5.74) is 13.2.